The Morgan fingerprint density at radius 1 is 1.21 bits per heavy atom. The molecule has 0 aliphatic carbocycles. The predicted molar refractivity (Wildman–Crippen MR) is 105 cm³/mol. The Balaban J connectivity index is 1.66. The molecule has 1 amide bonds. The van der Waals surface area contributed by atoms with Crippen molar-refractivity contribution in [2.75, 3.05) is 39.4 Å². The van der Waals surface area contributed by atoms with Crippen LogP contribution in [0.15, 0.2) is 58.4 Å². The topological polar surface area (TPSA) is 84.4 Å². The number of hydrogen-bond acceptors (Lipinski definition) is 5. The Morgan fingerprint density at radius 2 is 1.93 bits per heavy atom. The van der Waals surface area contributed by atoms with Gasteiger partial charge in [0, 0.05) is 0 Å². The quantitative estimate of drug-likeness (QED) is 0.713. The molecule has 1 saturated heterocycles. The molecule has 0 bridgehead atoms. The van der Waals surface area contributed by atoms with Gasteiger partial charge >= 0.3 is 0 Å². The van der Waals surface area contributed by atoms with Gasteiger partial charge in [0.25, 0.3) is 5.91 Å². The van der Waals surface area contributed by atoms with Crippen LogP contribution in [0.2, 0.25) is 0 Å². The zero-order chi connectivity index (χ0) is 20.4. The number of hydrogen-bond donors (Lipinski definition) is 2. The van der Waals surface area contributed by atoms with Crippen molar-refractivity contribution in [3.05, 3.63) is 70.9 Å². The Bertz CT molecular complexity index is 911. The number of aliphatic hydroxyl groups is 1. The molecule has 7 heteroatoms. The van der Waals surface area contributed by atoms with Crippen molar-refractivity contribution in [3.63, 3.8) is 0 Å². The summed E-state index contributed by atoms with van der Waals surface area (Å²) in [4.78, 5) is 28.9. The maximum Gasteiger partial charge on any atom is 0.290 e. The fourth-order valence-electron chi connectivity index (χ4n) is 3.94. The van der Waals surface area contributed by atoms with Gasteiger partial charge in [-0.05, 0) is 24.6 Å². The summed E-state index contributed by atoms with van der Waals surface area (Å²) in [5.74, 6) is -1.36. The Kier molecular flexibility index (Phi) is 5.51. The number of carbonyl (C=O) groups excluding carboxylic acids is 2. The molecule has 1 aromatic heterocycles. The van der Waals surface area contributed by atoms with Crippen LogP contribution in [0.3, 0.4) is 0 Å². The molecule has 4 rings (SSSR count). The van der Waals surface area contributed by atoms with E-state index in [-0.39, 0.29) is 11.3 Å². The van der Waals surface area contributed by atoms with Gasteiger partial charge in [-0.3, -0.25) is 9.59 Å². The number of nitrogens with one attached hydrogen (secondary N) is 1. The van der Waals surface area contributed by atoms with Gasteiger partial charge in [0.05, 0.1) is 44.2 Å². The third-order valence-corrected chi connectivity index (χ3v) is 5.59. The first-order chi connectivity index (χ1) is 14.1. The largest absolute Gasteiger partial charge is 0.503 e. The van der Waals surface area contributed by atoms with E-state index in [4.69, 9.17) is 9.15 Å². The summed E-state index contributed by atoms with van der Waals surface area (Å²) in [5.41, 5.74) is 1.94. The van der Waals surface area contributed by atoms with Gasteiger partial charge < -0.3 is 24.1 Å². The standard InChI is InChI=1S/C22H24N2O5/c1-15-4-6-16(7-5-15)19-18(20(25)17-3-2-12-29-17)21(26)22(27)24(19)9-8-23-10-13-28-14-11-23/h2-7,12,19,26H,8-11,13-14H2,1H3/p+1/t19-/m1/s1. The molecule has 7 nitrogen and oxygen atoms in total. The second kappa shape index (κ2) is 8.23. The van der Waals surface area contributed by atoms with E-state index in [0.717, 1.165) is 30.8 Å². The number of aliphatic hydroxyl groups excluding tert-OH is 1. The van der Waals surface area contributed by atoms with E-state index in [0.29, 0.717) is 19.8 Å². The van der Waals surface area contributed by atoms with Crippen molar-refractivity contribution in [2.24, 2.45) is 0 Å². The Hall–Kier alpha value is -2.90. The molecule has 2 aromatic rings. The normalized spacial score (nSPS) is 20.5. The summed E-state index contributed by atoms with van der Waals surface area (Å²) in [6, 6.07) is 10.2. The highest BCUT2D eigenvalue weighted by atomic mass is 16.5. The van der Waals surface area contributed by atoms with Crippen molar-refractivity contribution >= 4 is 11.7 Å². The van der Waals surface area contributed by atoms with Gasteiger partial charge in [0.15, 0.2) is 11.5 Å². The van der Waals surface area contributed by atoms with Crippen LogP contribution in [-0.4, -0.2) is 61.1 Å². The number of quaternary nitrogens is 1. The number of Topliss-reactive ketones (excluding diaryl/α,β-unsaturated/α-hetero) is 1. The number of morpholine rings is 1. The molecule has 1 atom stereocenters. The van der Waals surface area contributed by atoms with E-state index in [1.165, 1.54) is 11.2 Å². The zero-order valence-electron chi connectivity index (χ0n) is 16.4. The molecule has 2 N–H and O–H groups in total. The van der Waals surface area contributed by atoms with E-state index < -0.39 is 23.5 Å². The van der Waals surface area contributed by atoms with Crippen LogP contribution < -0.4 is 4.90 Å². The maximum atomic E-state index is 13.1. The van der Waals surface area contributed by atoms with Crippen molar-refractivity contribution in [1.82, 2.24) is 4.90 Å². The van der Waals surface area contributed by atoms with Crippen molar-refractivity contribution in [3.8, 4) is 0 Å². The zero-order valence-corrected chi connectivity index (χ0v) is 16.4. The smallest absolute Gasteiger partial charge is 0.290 e. The highest BCUT2D eigenvalue weighted by Crippen LogP contribution is 2.38. The van der Waals surface area contributed by atoms with E-state index in [1.807, 2.05) is 31.2 Å². The van der Waals surface area contributed by atoms with Crippen molar-refractivity contribution in [1.29, 1.82) is 0 Å². The second-order valence-electron chi connectivity index (χ2n) is 7.49. The van der Waals surface area contributed by atoms with Gasteiger partial charge in [-0.25, -0.2) is 0 Å². The number of ketones is 1. The lowest BCUT2D eigenvalue weighted by Crippen LogP contribution is -3.14. The minimum Gasteiger partial charge on any atom is -0.503 e. The number of benzene rings is 1. The molecule has 0 spiro atoms. The van der Waals surface area contributed by atoms with E-state index in [9.17, 15) is 14.7 Å². The lowest BCUT2D eigenvalue weighted by atomic mass is 9.94. The fourth-order valence-corrected chi connectivity index (χ4v) is 3.94. The van der Waals surface area contributed by atoms with E-state index in [2.05, 4.69) is 0 Å². The predicted octanol–water partition coefficient (Wildman–Crippen LogP) is 1.08. The Labute approximate surface area is 169 Å². The first-order valence-corrected chi connectivity index (χ1v) is 9.86. The number of carbonyl (C=O) groups is 2. The van der Waals surface area contributed by atoms with E-state index >= 15 is 0 Å². The van der Waals surface area contributed by atoms with Crippen LogP contribution in [0.1, 0.15) is 27.7 Å². The molecule has 152 valence electrons. The first kappa shape index (κ1) is 19.4. The molecular formula is C22H25N2O5+. The van der Waals surface area contributed by atoms with E-state index in [1.54, 1.807) is 17.0 Å². The minimum atomic E-state index is -0.638. The van der Waals surface area contributed by atoms with Crippen LogP contribution in [0.4, 0.5) is 0 Å². The molecule has 29 heavy (non-hydrogen) atoms. The maximum absolute atomic E-state index is 13.1. The summed E-state index contributed by atoms with van der Waals surface area (Å²) in [7, 11) is 0. The summed E-state index contributed by atoms with van der Waals surface area (Å²) in [6.07, 6.45) is 1.40. The third kappa shape index (κ3) is 3.83. The summed E-state index contributed by atoms with van der Waals surface area (Å²) < 4.78 is 10.6. The summed E-state index contributed by atoms with van der Waals surface area (Å²) in [5, 5.41) is 10.6. The molecular weight excluding hydrogens is 372 g/mol. The van der Waals surface area contributed by atoms with Gasteiger partial charge in [-0.2, -0.15) is 0 Å². The highest BCUT2D eigenvalue weighted by molar-refractivity contribution is 6.15. The molecule has 2 aliphatic rings. The molecule has 0 unspecified atom stereocenters. The second-order valence-corrected chi connectivity index (χ2v) is 7.49. The minimum absolute atomic E-state index is 0.0748. The lowest BCUT2D eigenvalue weighted by molar-refractivity contribution is -0.907. The average molecular weight is 397 g/mol. The number of furan rings is 1. The molecule has 2 aliphatic heterocycles. The number of nitrogens with zero attached hydrogens (tertiary/aromatic N) is 1. The van der Waals surface area contributed by atoms with Crippen LogP contribution in [0.5, 0.6) is 0 Å². The molecule has 1 aromatic carbocycles. The Morgan fingerprint density at radius 3 is 2.59 bits per heavy atom. The van der Waals surface area contributed by atoms with Gasteiger partial charge in [0.2, 0.25) is 5.78 Å². The monoisotopic (exact) mass is 397 g/mol. The van der Waals surface area contributed by atoms with Gasteiger partial charge in [-0.1, -0.05) is 29.8 Å². The van der Waals surface area contributed by atoms with Gasteiger partial charge in [-0.15, -0.1) is 0 Å². The summed E-state index contributed by atoms with van der Waals surface area (Å²) in [6.45, 7) is 6.32. The van der Waals surface area contributed by atoms with Gasteiger partial charge in [0.1, 0.15) is 13.1 Å². The lowest BCUT2D eigenvalue weighted by Gasteiger charge is -2.30. The average Bonchev–Trinajstić information content (AvgIpc) is 3.36. The summed E-state index contributed by atoms with van der Waals surface area (Å²) >= 11 is 0. The number of rotatable bonds is 6. The highest BCUT2D eigenvalue weighted by Gasteiger charge is 2.44. The third-order valence-electron chi connectivity index (χ3n) is 5.59. The molecule has 1 fully saturated rings. The van der Waals surface area contributed by atoms with Crippen molar-refractivity contribution < 1.29 is 28.7 Å². The number of amides is 1. The molecule has 0 saturated carbocycles. The van der Waals surface area contributed by atoms with Crippen LogP contribution >= 0.6 is 0 Å². The fraction of sp³-hybridized carbons (Fsp3) is 0.364. The molecule has 0 radical (unpaired) electrons. The molecule has 3 heterocycles. The van der Waals surface area contributed by atoms with Crippen LogP contribution in [-0.2, 0) is 9.53 Å². The van der Waals surface area contributed by atoms with Crippen LogP contribution in [0.25, 0.3) is 0 Å². The number of aryl methyl sites for hydroxylation is 1. The SMILES string of the molecule is Cc1ccc([C@@H]2C(C(=O)c3ccco3)=C(O)C(=O)N2CC[NH+]2CCOCC2)cc1. The van der Waals surface area contributed by atoms with Crippen LogP contribution in [0, 0.1) is 6.92 Å². The number of ether oxygens (including phenoxy) is 1. The van der Waals surface area contributed by atoms with Crippen molar-refractivity contribution in [2.45, 2.75) is 13.0 Å². The first-order valence-electron chi connectivity index (χ1n) is 9.86.